The van der Waals surface area contributed by atoms with Gasteiger partial charge in [0.1, 0.15) is 16.5 Å². The molecule has 0 amide bonds. The molecule has 2 rings (SSSR count). The van der Waals surface area contributed by atoms with E-state index in [1.165, 1.54) is 19.3 Å². The average Bonchev–Trinajstić information content (AvgIpc) is 2.33. The van der Waals surface area contributed by atoms with Crippen molar-refractivity contribution in [1.82, 2.24) is 0 Å². The minimum absolute atomic E-state index is 0.0198. The molecular weight excluding hydrogens is 250 g/mol. The van der Waals surface area contributed by atoms with Gasteiger partial charge < -0.3 is 15.2 Å². The number of hydrogen-bond donors (Lipinski definition) is 1. The standard InChI is InChI=1S/C14H20ClNO2/c1-17-12-7-6-10(14(18-2)13(12)15)11(16)8-9-4-3-5-9/h6-7,9,11H,3-5,8,16H2,1-2H3. The summed E-state index contributed by atoms with van der Waals surface area (Å²) in [5.74, 6) is 2.02. The van der Waals surface area contributed by atoms with Crippen molar-refractivity contribution in [2.24, 2.45) is 11.7 Å². The van der Waals surface area contributed by atoms with Gasteiger partial charge in [-0.2, -0.15) is 0 Å². The van der Waals surface area contributed by atoms with Crippen LogP contribution in [0, 0.1) is 5.92 Å². The minimum Gasteiger partial charge on any atom is -0.495 e. The summed E-state index contributed by atoms with van der Waals surface area (Å²) >= 11 is 6.24. The highest BCUT2D eigenvalue weighted by molar-refractivity contribution is 6.33. The Morgan fingerprint density at radius 1 is 1.33 bits per heavy atom. The van der Waals surface area contributed by atoms with Gasteiger partial charge in [0.25, 0.3) is 0 Å². The zero-order valence-electron chi connectivity index (χ0n) is 10.9. The fourth-order valence-electron chi connectivity index (χ4n) is 2.42. The SMILES string of the molecule is COc1ccc(C(N)CC2CCC2)c(OC)c1Cl. The van der Waals surface area contributed by atoms with E-state index in [9.17, 15) is 0 Å². The molecule has 1 aliphatic carbocycles. The van der Waals surface area contributed by atoms with Crippen LogP contribution in [0.5, 0.6) is 11.5 Å². The van der Waals surface area contributed by atoms with E-state index in [1.54, 1.807) is 14.2 Å². The van der Waals surface area contributed by atoms with Crippen molar-refractivity contribution in [2.75, 3.05) is 14.2 Å². The van der Waals surface area contributed by atoms with Crippen LogP contribution >= 0.6 is 11.6 Å². The van der Waals surface area contributed by atoms with Crippen LogP contribution in [0.3, 0.4) is 0 Å². The molecule has 0 radical (unpaired) electrons. The van der Waals surface area contributed by atoms with Gasteiger partial charge in [-0.15, -0.1) is 0 Å². The second kappa shape index (κ2) is 5.81. The molecule has 0 bridgehead atoms. The molecule has 18 heavy (non-hydrogen) atoms. The van der Waals surface area contributed by atoms with Gasteiger partial charge in [0, 0.05) is 11.6 Å². The van der Waals surface area contributed by atoms with Gasteiger partial charge in [-0.3, -0.25) is 0 Å². The summed E-state index contributed by atoms with van der Waals surface area (Å²) in [6, 6.07) is 3.78. The van der Waals surface area contributed by atoms with E-state index in [1.807, 2.05) is 12.1 Å². The molecule has 1 atom stereocenters. The molecule has 3 nitrogen and oxygen atoms in total. The van der Waals surface area contributed by atoms with Crippen molar-refractivity contribution in [3.8, 4) is 11.5 Å². The molecule has 0 spiro atoms. The molecule has 2 N–H and O–H groups in total. The van der Waals surface area contributed by atoms with Crippen LogP contribution < -0.4 is 15.2 Å². The Morgan fingerprint density at radius 2 is 2.06 bits per heavy atom. The number of methoxy groups -OCH3 is 2. The van der Waals surface area contributed by atoms with Crippen LogP contribution in [-0.4, -0.2) is 14.2 Å². The molecule has 1 saturated carbocycles. The zero-order valence-corrected chi connectivity index (χ0v) is 11.7. The van der Waals surface area contributed by atoms with Gasteiger partial charge in [0.05, 0.1) is 14.2 Å². The maximum atomic E-state index is 6.26. The Balaban J connectivity index is 2.22. The van der Waals surface area contributed by atoms with E-state index in [0.29, 0.717) is 16.5 Å². The molecule has 0 aliphatic heterocycles. The van der Waals surface area contributed by atoms with E-state index >= 15 is 0 Å². The molecule has 0 saturated heterocycles. The van der Waals surface area contributed by atoms with E-state index in [0.717, 1.165) is 17.9 Å². The first-order valence-corrected chi connectivity index (χ1v) is 6.71. The summed E-state index contributed by atoms with van der Waals surface area (Å²) in [7, 11) is 3.20. The maximum Gasteiger partial charge on any atom is 0.146 e. The fraction of sp³-hybridized carbons (Fsp3) is 0.571. The summed E-state index contributed by atoms with van der Waals surface area (Å²) in [5, 5.41) is 0.501. The molecule has 100 valence electrons. The smallest absolute Gasteiger partial charge is 0.146 e. The zero-order chi connectivity index (χ0) is 13.1. The van der Waals surface area contributed by atoms with Crippen LogP contribution in [0.15, 0.2) is 12.1 Å². The number of ether oxygens (including phenoxy) is 2. The third-order valence-corrected chi connectivity index (χ3v) is 4.09. The van der Waals surface area contributed by atoms with Crippen LogP contribution in [0.2, 0.25) is 5.02 Å². The Hall–Kier alpha value is -0.930. The van der Waals surface area contributed by atoms with E-state index in [4.69, 9.17) is 26.8 Å². The minimum atomic E-state index is -0.0198. The lowest BCUT2D eigenvalue weighted by Gasteiger charge is -2.29. The molecule has 1 unspecified atom stereocenters. The number of rotatable bonds is 5. The molecule has 1 aromatic carbocycles. The Labute approximate surface area is 113 Å². The molecule has 0 heterocycles. The average molecular weight is 270 g/mol. The highest BCUT2D eigenvalue weighted by Gasteiger charge is 2.24. The summed E-state index contributed by atoms with van der Waals surface area (Å²) in [6.45, 7) is 0. The Bertz CT molecular complexity index is 419. The van der Waals surface area contributed by atoms with E-state index in [2.05, 4.69) is 0 Å². The van der Waals surface area contributed by atoms with Gasteiger partial charge in [-0.25, -0.2) is 0 Å². The molecule has 4 heteroatoms. The van der Waals surface area contributed by atoms with Crippen molar-refractivity contribution in [3.05, 3.63) is 22.7 Å². The summed E-state index contributed by atoms with van der Waals surface area (Å²) in [4.78, 5) is 0. The van der Waals surface area contributed by atoms with Gasteiger partial charge in [0.2, 0.25) is 0 Å². The van der Waals surface area contributed by atoms with Crippen LogP contribution in [0.25, 0.3) is 0 Å². The van der Waals surface area contributed by atoms with Gasteiger partial charge in [0.15, 0.2) is 0 Å². The first kappa shape index (κ1) is 13.5. The summed E-state index contributed by atoms with van der Waals surface area (Å²) in [6.07, 6.45) is 4.91. The van der Waals surface area contributed by atoms with E-state index < -0.39 is 0 Å². The topological polar surface area (TPSA) is 44.5 Å². The lowest BCUT2D eigenvalue weighted by atomic mass is 9.80. The van der Waals surface area contributed by atoms with Crippen LogP contribution in [-0.2, 0) is 0 Å². The fourth-order valence-corrected chi connectivity index (χ4v) is 2.75. The van der Waals surface area contributed by atoms with Crippen LogP contribution in [0.1, 0.15) is 37.3 Å². The van der Waals surface area contributed by atoms with Crippen molar-refractivity contribution in [2.45, 2.75) is 31.7 Å². The Kier molecular flexibility index (Phi) is 4.36. The van der Waals surface area contributed by atoms with Gasteiger partial charge in [-0.05, 0) is 24.5 Å². The van der Waals surface area contributed by atoms with Crippen molar-refractivity contribution in [1.29, 1.82) is 0 Å². The quantitative estimate of drug-likeness (QED) is 0.889. The van der Waals surface area contributed by atoms with Crippen molar-refractivity contribution in [3.63, 3.8) is 0 Å². The molecular formula is C14H20ClNO2. The summed E-state index contributed by atoms with van der Waals surface area (Å²) in [5.41, 5.74) is 7.23. The monoisotopic (exact) mass is 269 g/mol. The Morgan fingerprint density at radius 3 is 2.56 bits per heavy atom. The number of nitrogens with two attached hydrogens (primary N) is 1. The first-order chi connectivity index (χ1) is 8.67. The molecule has 1 aliphatic rings. The number of halogens is 1. The van der Waals surface area contributed by atoms with Crippen LogP contribution in [0.4, 0.5) is 0 Å². The first-order valence-electron chi connectivity index (χ1n) is 6.33. The van der Waals surface area contributed by atoms with Gasteiger partial charge in [-0.1, -0.05) is 30.9 Å². The molecule has 0 aromatic heterocycles. The highest BCUT2D eigenvalue weighted by atomic mass is 35.5. The number of hydrogen-bond acceptors (Lipinski definition) is 3. The lowest BCUT2D eigenvalue weighted by molar-refractivity contribution is 0.275. The summed E-state index contributed by atoms with van der Waals surface area (Å²) < 4.78 is 10.6. The van der Waals surface area contributed by atoms with E-state index in [-0.39, 0.29) is 6.04 Å². The lowest BCUT2D eigenvalue weighted by Crippen LogP contribution is -2.20. The molecule has 1 fully saturated rings. The third kappa shape index (κ3) is 2.57. The maximum absolute atomic E-state index is 6.26. The van der Waals surface area contributed by atoms with Crippen molar-refractivity contribution >= 4 is 11.6 Å². The normalized spacial score (nSPS) is 17.1. The highest BCUT2D eigenvalue weighted by Crippen LogP contribution is 2.42. The molecule has 1 aromatic rings. The predicted octanol–water partition coefficient (Wildman–Crippen LogP) is 3.55. The number of benzene rings is 1. The van der Waals surface area contributed by atoms with Crippen molar-refractivity contribution < 1.29 is 9.47 Å². The second-order valence-corrected chi connectivity index (χ2v) is 5.22. The largest absolute Gasteiger partial charge is 0.495 e. The third-order valence-electron chi connectivity index (χ3n) is 3.73. The van der Waals surface area contributed by atoms with Gasteiger partial charge >= 0.3 is 0 Å². The second-order valence-electron chi connectivity index (χ2n) is 4.84. The predicted molar refractivity (Wildman–Crippen MR) is 73.4 cm³/mol.